The number of ether oxygens (including phenoxy) is 2. The number of benzene rings is 1. The van der Waals surface area contributed by atoms with Crippen molar-refractivity contribution in [3.63, 3.8) is 0 Å². The molecule has 3 aromatic rings. The lowest BCUT2D eigenvalue weighted by Crippen LogP contribution is -2.62. The lowest BCUT2D eigenvalue weighted by molar-refractivity contribution is -0.146. The van der Waals surface area contributed by atoms with Crippen molar-refractivity contribution in [2.75, 3.05) is 24.7 Å². The molecule has 1 saturated heterocycles. The summed E-state index contributed by atoms with van der Waals surface area (Å²) in [5.74, 6) is -2.27. The summed E-state index contributed by atoms with van der Waals surface area (Å²) in [4.78, 5) is 67.7. The summed E-state index contributed by atoms with van der Waals surface area (Å²) < 4.78 is 38.5. The van der Waals surface area contributed by atoms with Crippen LogP contribution in [0.15, 0.2) is 42.3 Å². The van der Waals surface area contributed by atoms with E-state index in [0.717, 1.165) is 43.7 Å². The molecule has 3 heterocycles. The van der Waals surface area contributed by atoms with Crippen molar-refractivity contribution in [3.05, 3.63) is 42.3 Å². The SMILES string of the molecule is C=CC1C[C@]1(NC(=O)[C@@H]1C[C@@H](Oc2cc(-c3csc(NC(C)C)n3)nc3cc(OC)ccc23)CN1C(=O)[C@@H](NC(=O)NC1(CS(=O)(=O)C(C)(C)C)CCCCC1)C1CCCCC1)C(=O)O. The van der Waals surface area contributed by atoms with Gasteiger partial charge < -0.3 is 40.7 Å². The van der Waals surface area contributed by atoms with E-state index < -0.39 is 73.6 Å². The Hall–Kier alpha value is -4.97. The number of fused-ring (bicyclic) bond motifs is 1. The molecule has 0 radical (unpaired) electrons. The number of aliphatic carboxylic acids is 1. The molecule has 4 fully saturated rings. The highest BCUT2D eigenvalue weighted by Crippen LogP contribution is 2.45. The van der Waals surface area contributed by atoms with E-state index in [9.17, 15) is 27.9 Å². The predicted molar refractivity (Wildman–Crippen MR) is 251 cm³/mol. The van der Waals surface area contributed by atoms with Gasteiger partial charge in [0.2, 0.25) is 11.8 Å². The maximum atomic E-state index is 15.2. The first-order chi connectivity index (χ1) is 30.8. The molecule has 1 aliphatic heterocycles. The molecular formula is C47H65N7O9S2. The second kappa shape index (κ2) is 19.1. The van der Waals surface area contributed by atoms with Crippen molar-refractivity contribution in [1.82, 2.24) is 30.8 Å². The standard InChI is InChI=1S/C47H65N7O9S2/c1-8-30-24-47(30,42(57)58)52-40(55)37-22-32(63-38-23-35(36-26-64-44(50-36)48-28(2)3)49-34-21-31(62-7)17-18-33(34)38)25-54(37)41(56)39(29-15-11-9-12-16-29)51-43(59)53-46(19-13-10-14-20-46)27-65(60,61)45(4,5)6/h8,17-18,21,23,26,28-30,32,37,39H,1,9-16,19-20,22,24-25,27H2,2-7H3,(H,48,50)(H,52,55)(H,57,58)(H2,51,53,59)/t30?,32-,37+,39+,47-/m1/s1. The molecule has 1 unspecified atom stereocenters. The molecule has 65 heavy (non-hydrogen) atoms. The van der Waals surface area contributed by atoms with Crippen molar-refractivity contribution in [2.45, 2.75) is 152 Å². The number of likely N-dealkylation sites (tertiary alicyclic amines) is 1. The van der Waals surface area contributed by atoms with Crippen LogP contribution in [0.3, 0.4) is 0 Å². The summed E-state index contributed by atoms with van der Waals surface area (Å²) in [5.41, 5.74) is -0.822. The highest BCUT2D eigenvalue weighted by Gasteiger charge is 2.61. The van der Waals surface area contributed by atoms with Crippen LogP contribution in [0, 0.1) is 11.8 Å². The molecule has 5 atom stereocenters. The van der Waals surface area contributed by atoms with E-state index in [-0.39, 0.29) is 37.1 Å². The number of thiazole rings is 1. The minimum atomic E-state index is -3.63. The van der Waals surface area contributed by atoms with Crippen LogP contribution in [0.1, 0.15) is 112 Å². The Morgan fingerprint density at radius 2 is 1.72 bits per heavy atom. The number of methoxy groups -OCH3 is 1. The van der Waals surface area contributed by atoms with E-state index in [4.69, 9.17) is 19.4 Å². The summed E-state index contributed by atoms with van der Waals surface area (Å²) in [7, 11) is -2.06. The van der Waals surface area contributed by atoms with Gasteiger partial charge in [0, 0.05) is 41.3 Å². The number of urea groups is 1. The maximum Gasteiger partial charge on any atom is 0.330 e. The van der Waals surface area contributed by atoms with Crippen LogP contribution >= 0.6 is 11.3 Å². The van der Waals surface area contributed by atoms with E-state index in [0.29, 0.717) is 59.5 Å². The Kier molecular flexibility index (Phi) is 14.1. The predicted octanol–water partition coefficient (Wildman–Crippen LogP) is 6.85. The summed E-state index contributed by atoms with van der Waals surface area (Å²) in [6.07, 6.45) is 8.36. The number of hydrogen-bond acceptors (Lipinski definition) is 12. The first-order valence-corrected chi connectivity index (χ1v) is 25.5. The summed E-state index contributed by atoms with van der Waals surface area (Å²) in [6.45, 7) is 12.7. The lowest BCUT2D eigenvalue weighted by atomic mass is 9.82. The van der Waals surface area contributed by atoms with Crippen LogP contribution in [0.2, 0.25) is 0 Å². The van der Waals surface area contributed by atoms with Gasteiger partial charge >= 0.3 is 12.0 Å². The summed E-state index contributed by atoms with van der Waals surface area (Å²) in [5, 5.41) is 25.7. The zero-order chi connectivity index (χ0) is 46.9. The Balaban J connectivity index is 1.21. The molecular weight excluding hydrogens is 871 g/mol. The summed E-state index contributed by atoms with van der Waals surface area (Å²) >= 11 is 1.45. The molecule has 1 aromatic carbocycles. The minimum absolute atomic E-state index is 0.0256. The Morgan fingerprint density at radius 1 is 1.02 bits per heavy atom. The Morgan fingerprint density at radius 3 is 2.35 bits per heavy atom. The molecule has 18 heteroatoms. The number of nitrogens with zero attached hydrogens (tertiary/aromatic N) is 3. The van der Waals surface area contributed by atoms with Crippen LogP contribution in [0.5, 0.6) is 11.5 Å². The Labute approximate surface area is 386 Å². The van der Waals surface area contributed by atoms with Crippen LogP contribution in [0.4, 0.5) is 9.93 Å². The molecule has 5 N–H and O–H groups in total. The first kappa shape index (κ1) is 48.0. The number of rotatable bonds is 16. The molecule has 4 aliphatic rings. The number of carboxylic acid groups (broad SMARTS) is 1. The van der Waals surface area contributed by atoms with E-state index in [2.05, 4.69) is 27.8 Å². The van der Waals surface area contributed by atoms with Crippen molar-refractivity contribution < 1.29 is 42.2 Å². The van der Waals surface area contributed by atoms with E-state index in [1.807, 2.05) is 25.3 Å². The van der Waals surface area contributed by atoms with Gasteiger partial charge in [0.15, 0.2) is 15.0 Å². The fraction of sp³-hybridized carbons (Fsp3) is 0.617. The van der Waals surface area contributed by atoms with Gasteiger partial charge in [-0.2, -0.15) is 0 Å². The number of hydrogen-bond donors (Lipinski definition) is 5. The van der Waals surface area contributed by atoms with Crippen LogP contribution in [-0.2, 0) is 24.2 Å². The number of carbonyl (C=O) groups is 4. The molecule has 0 bridgehead atoms. The third kappa shape index (κ3) is 10.5. The molecule has 4 amide bonds. The second-order valence-electron chi connectivity index (χ2n) is 19.7. The van der Waals surface area contributed by atoms with E-state index in [1.165, 1.54) is 22.3 Å². The van der Waals surface area contributed by atoms with Crippen molar-refractivity contribution >= 4 is 61.0 Å². The zero-order valence-electron chi connectivity index (χ0n) is 38.4. The number of carbonyl (C=O) groups excluding carboxylic acids is 3. The third-order valence-corrected chi connectivity index (χ3v) is 17.2. The van der Waals surface area contributed by atoms with Gasteiger partial charge in [-0.15, -0.1) is 17.9 Å². The molecule has 354 valence electrons. The number of amides is 4. The second-order valence-corrected chi connectivity index (χ2v) is 23.3. The molecule has 16 nitrogen and oxygen atoms in total. The number of sulfone groups is 1. The molecule has 7 rings (SSSR count). The highest BCUT2D eigenvalue weighted by molar-refractivity contribution is 7.92. The lowest BCUT2D eigenvalue weighted by Gasteiger charge is -2.40. The number of pyridine rings is 1. The van der Waals surface area contributed by atoms with E-state index >= 15 is 4.79 Å². The molecule has 2 aromatic heterocycles. The monoisotopic (exact) mass is 935 g/mol. The zero-order valence-corrected chi connectivity index (χ0v) is 40.0. The van der Waals surface area contributed by atoms with Gasteiger partial charge in [0.25, 0.3) is 0 Å². The molecule has 3 aliphatic carbocycles. The highest BCUT2D eigenvalue weighted by atomic mass is 32.2. The maximum absolute atomic E-state index is 15.2. The molecule has 3 saturated carbocycles. The normalized spacial score (nSPS) is 23.9. The summed E-state index contributed by atoms with van der Waals surface area (Å²) in [6, 6.07) is 4.54. The average molecular weight is 936 g/mol. The number of nitrogens with one attached hydrogen (secondary N) is 4. The minimum Gasteiger partial charge on any atom is -0.497 e. The van der Waals surface area contributed by atoms with Gasteiger partial charge in [-0.3, -0.25) is 9.59 Å². The first-order valence-electron chi connectivity index (χ1n) is 22.9. The van der Waals surface area contributed by atoms with Crippen LogP contribution < -0.4 is 30.7 Å². The number of carboxylic acids is 1. The smallest absolute Gasteiger partial charge is 0.330 e. The van der Waals surface area contributed by atoms with Crippen LogP contribution in [0.25, 0.3) is 22.3 Å². The van der Waals surface area contributed by atoms with Crippen molar-refractivity contribution in [3.8, 4) is 22.9 Å². The topological polar surface area (TPSA) is 218 Å². The van der Waals surface area contributed by atoms with Gasteiger partial charge in [0.1, 0.15) is 40.9 Å². The van der Waals surface area contributed by atoms with Crippen molar-refractivity contribution in [2.24, 2.45) is 11.8 Å². The Bertz CT molecular complexity index is 2390. The van der Waals surface area contributed by atoms with Crippen LogP contribution in [-0.4, -0.2) is 112 Å². The number of anilines is 1. The fourth-order valence-corrected chi connectivity index (χ4v) is 12.0. The quantitative estimate of drug-likeness (QED) is 0.0933. The molecule has 0 spiro atoms. The third-order valence-electron chi connectivity index (χ3n) is 13.6. The average Bonchev–Trinajstić information content (AvgIpc) is 3.52. The van der Waals surface area contributed by atoms with Gasteiger partial charge in [-0.1, -0.05) is 44.6 Å². The largest absolute Gasteiger partial charge is 0.497 e. The fourth-order valence-electron chi connectivity index (χ4n) is 9.67. The van der Waals surface area contributed by atoms with Gasteiger partial charge in [0.05, 0.1) is 40.9 Å². The van der Waals surface area contributed by atoms with Gasteiger partial charge in [-0.05, 0) is 84.8 Å². The van der Waals surface area contributed by atoms with Gasteiger partial charge in [-0.25, -0.2) is 28.0 Å². The van der Waals surface area contributed by atoms with E-state index in [1.54, 1.807) is 46.1 Å². The number of aromatic nitrogens is 2. The van der Waals surface area contributed by atoms with Crippen molar-refractivity contribution in [1.29, 1.82) is 0 Å².